The Morgan fingerprint density at radius 1 is 0.947 bits per heavy atom. The van der Waals surface area contributed by atoms with Crippen LogP contribution in [0.3, 0.4) is 0 Å². The number of pyridine rings is 2. The molecule has 0 radical (unpaired) electrons. The number of hydrogen-bond donors (Lipinski definition) is 1. The number of amides is 1. The summed E-state index contributed by atoms with van der Waals surface area (Å²) >= 11 is 0. The molecule has 0 saturated carbocycles. The van der Waals surface area contributed by atoms with Gasteiger partial charge in [0.1, 0.15) is 5.69 Å². The number of primary amides is 1. The summed E-state index contributed by atoms with van der Waals surface area (Å²) in [4.78, 5) is 19.9. The first-order valence-electron chi connectivity index (χ1n) is 5.86. The first kappa shape index (κ1) is 11.3. The summed E-state index contributed by atoms with van der Waals surface area (Å²) in [5.41, 5.74) is 7.35. The highest BCUT2D eigenvalue weighted by Gasteiger charge is 2.12. The van der Waals surface area contributed by atoms with Crippen molar-refractivity contribution in [1.29, 1.82) is 0 Å². The molecule has 3 aromatic rings. The normalized spacial score (nSPS) is 10.5. The molecule has 1 amide bonds. The van der Waals surface area contributed by atoms with Crippen molar-refractivity contribution in [1.82, 2.24) is 9.97 Å². The van der Waals surface area contributed by atoms with E-state index in [0.717, 1.165) is 22.0 Å². The molecule has 0 fully saturated rings. The van der Waals surface area contributed by atoms with Crippen molar-refractivity contribution in [2.24, 2.45) is 5.73 Å². The number of carbonyl (C=O) groups is 1. The number of hydrogen-bond acceptors (Lipinski definition) is 3. The van der Waals surface area contributed by atoms with Crippen molar-refractivity contribution in [3.63, 3.8) is 0 Å². The van der Waals surface area contributed by atoms with Gasteiger partial charge in [-0.1, -0.05) is 30.3 Å². The molecule has 0 atom stereocenters. The Balaban J connectivity index is 2.35. The fourth-order valence-corrected chi connectivity index (χ4v) is 2.12. The maximum Gasteiger partial charge on any atom is 0.267 e. The van der Waals surface area contributed by atoms with E-state index >= 15 is 0 Å². The molecule has 2 heterocycles. The minimum absolute atomic E-state index is 0.287. The lowest BCUT2D eigenvalue weighted by atomic mass is 10.0. The van der Waals surface area contributed by atoms with Crippen LogP contribution in [0.1, 0.15) is 10.5 Å². The average molecular weight is 249 g/mol. The highest BCUT2D eigenvalue weighted by atomic mass is 16.1. The summed E-state index contributed by atoms with van der Waals surface area (Å²) in [5.74, 6) is -0.524. The third-order valence-electron chi connectivity index (χ3n) is 2.97. The molecular weight excluding hydrogens is 238 g/mol. The smallest absolute Gasteiger partial charge is 0.267 e. The van der Waals surface area contributed by atoms with Gasteiger partial charge in [0, 0.05) is 23.3 Å². The van der Waals surface area contributed by atoms with E-state index in [-0.39, 0.29) is 5.69 Å². The van der Waals surface area contributed by atoms with Gasteiger partial charge in [-0.25, -0.2) is 4.98 Å². The monoisotopic (exact) mass is 249 g/mol. The lowest BCUT2D eigenvalue weighted by Crippen LogP contribution is -2.13. The Bertz CT molecular complexity index is 754. The number of carbonyl (C=O) groups excluding carboxylic acids is 1. The molecule has 4 heteroatoms. The zero-order valence-electron chi connectivity index (χ0n) is 10.1. The van der Waals surface area contributed by atoms with E-state index in [4.69, 9.17) is 5.73 Å². The summed E-state index contributed by atoms with van der Waals surface area (Å²) in [6, 6.07) is 13.2. The van der Waals surface area contributed by atoms with Crippen LogP contribution in [0.5, 0.6) is 0 Å². The van der Waals surface area contributed by atoms with E-state index in [1.54, 1.807) is 12.4 Å². The fourth-order valence-electron chi connectivity index (χ4n) is 2.12. The van der Waals surface area contributed by atoms with Gasteiger partial charge >= 0.3 is 0 Å². The second kappa shape index (κ2) is 4.49. The van der Waals surface area contributed by atoms with Crippen molar-refractivity contribution < 1.29 is 4.79 Å². The van der Waals surface area contributed by atoms with E-state index in [2.05, 4.69) is 9.97 Å². The van der Waals surface area contributed by atoms with Gasteiger partial charge in [-0.3, -0.25) is 9.78 Å². The van der Waals surface area contributed by atoms with Gasteiger partial charge in [0.15, 0.2) is 0 Å². The average Bonchev–Trinajstić information content (AvgIpc) is 2.47. The molecule has 0 unspecified atom stereocenters. The lowest BCUT2D eigenvalue weighted by Gasteiger charge is -2.08. The number of fused-ring (bicyclic) bond motifs is 1. The molecular formula is C15H11N3O. The van der Waals surface area contributed by atoms with Crippen LogP contribution < -0.4 is 5.73 Å². The van der Waals surface area contributed by atoms with Crippen LogP contribution in [-0.2, 0) is 0 Å². The van der Waals surface area contributed by atoms with Crippen LogP contribution in [0.2, 0.25) is 0 Å². The molecule has 0 saturated heterocycles. The molecule has 2 aromatic heterocycles. The second-order valence-electron chi connectivity index (χ2n) is 4.15. The largest absolute Gasteiger partial charge is 0.364 e. The van der Waals surface area contributed by atoms with Crippen LogP contribution in [0.15, 0.2) is 54.9 Å². The molecule has 0 aliphatic heterocycles. The fraction of sp³-hybridized carbons (Fsp3) is 0. The Hall–Kier alpha value is -2.75. The number of nitrogens with zero attached hydrogens (tertiary/aromatic N) is 2. The minimum atomic E-state index is -0.524. The van der Waals surface area contributed by atoms with Crippen molar-refractivity contribution in [2.45, 2.75) is 0 Å². The zero-order valence-corrected chi connectivity index (χ0v) is 10.1. The van der Waals surface area contributed by atoms with E-state index < -0.39 is 5.91 Å². The SMILES string of the molecule is NC(=O)c1ncc(-c2ccccn2)c2ccccc12. The van der Waals surface area contributed by atoms with E-state index in [0.29, 0.717) is 0 Å². The minimum Gasteiger partial charge on any atom is -0.364 e. The summed E-state index contributed by atoms with van der Waals surface area (Å²) in [7, 11) is 0. The van der Waals surface area contributed by atoms with Crippen molar-refractivity contribution >= 4 is 16.7 Å². The predicted octanol–water partition coefficient (Wildman–Crippen LogP) is 2.40. The van der Waals surface area contributed by atoms with Gasteiger partial charge in [-0.05, 0) is 17.5 Å². The van der Waals surface area contributed by atoms with Gasteiger partial charge < -0.3 is 5.73 Å². The summed E-state index contributed by atoms with van der Waals surface area (Å²) in [5, 5.41) is 1.67. The number of aromatic nitrogens is 2. The Morgan fingerprint density at radius 3 is 2.37 bits per heavy atom. The predicted molar refractivity (Wildman–Crippen MR) is 73.5 cm³/mol. The number of nitrogens with two attached hydrogens (primary N) is 1. The summed E-state index contributed by atoms with van der Waals surface area (Å²) < 4.78 is 0. The van der Waals surface area contributed by atoms with Crippen LogP contribution in [-0.4, -0.2) is 15.9 Å². The van der Waals surface area contributed by atoms with E-state index in [9.17, 15) is 4.79 Å². The van der Waals surface area contributed by atoms with E-state index in [1.807, 2.05) is 42.5 Å². The maximum atomic E-state index is 11.4. The van der Waals surface area contributed by atoms with Gasteiger partial charge in [-0.2, -0.15) is 0 Å². The van der Waals surface area contributed by atoms with Gasteiger partial charge in [0.05, 0.1) is 5.69 Å². The third-order valence-corrected chi connectivity index (χ3v) is 2.97. The van der Waals surface area contributed by atoms with Crippen molar-refractivity contribution in [2.75, 3.05) is 0 Å². The molecule has 0 bridgehead atoms. The molecule has 0 aliphatic carbocycles. The Labute approximate surface area is 109 Å². The molecule has 92 valence electrons. The summed E-state index contributed by atoms with van der Waals surface area (Å²) in [6.07, 6.45) is 3.37. The Morgan fingerprint density at radius 2 is 1.68 bits per heavy atom. The maximum absolute atomic E-state index is 11.4. The molecule has 0 spiro atoms. The summed E-state index contributed by atoms with van der Waals surface area (Å²) in [6.45, 7) is 0. The lowest BCUT2D eigenvalue weighted by molar-refractivity contribution is 0.0997. The highest BCUT2D eigenvalue weighted by Crippen LogP contribution is 2.27. The third kappa shape index (κ3) is 1.93. The topological polar surface area (TPSA) is 68.9 Å². The van der Waals surface area contributed by atoms with Gasteiger partial charge in [0.2, 0.25) is 0 Å². The molecule has 1 aromatic carbocycles. The van der Waals surface area contributed by atoms with Crippen molar-refractivity contribution in [3.8, 4) is 11.3 Å². The first-order chi connectivity index (χ1) is 9.27. The van der Waals surface area contributed by atoms with Crippen LogP contribution >= 0.6 is 0 Å². The van der Waals surface area contributed by atoms with Crippen LogP contribution in [0.4, 0.5) is 0 Å². The van der Waals surface area contributed by atoms with Crippen LogP contribution in [0.25, 0.3) is 22.0 Å². The molecule has 0 aliphatic rings. The molecule has 2 N–H and O–H groups in total. The van der Waals surface area contributed by atoms with Gasteiger partial charge in [-0.15, -0.1) is 0 Å². The van der Waals surface area contributed by atoms with Gasteiger partial charge in [0.25, 0.3) is 5.91 Å². The first-order valence-corrected chi connectivity index (χ1v) is 5.86. The van der Waals surface area contributed by atoms with Crippen molar-refractivity contribution in [3.05, 3.63) is 60.6 Å². The molecule has 4 nitrogen and oxygen atoms in total. The Kier molecular flexibility index (Phi) is 2.68. The number of rotatable bonds is 2. The molecule has 3 rings (SSSR count). The quantitative estimate of drug-likeness (QED) is 0.758. The standard InChI is InChI=1S/C15H11N3O/c16-15(19)14-11-6-2-1-5-10(11)12(9-18-14)13-7-3-4-8-17-13/h1-9H,(H2,16,19). The second-order valence-corrected chi connectivity index (χ2v) is 4.15. The van der Waals surface area contributed by atoms with E-state index in [1.165, 1.54) is 0 Å². The zero-order chi connectivity index (χ0) is 13.2. The highest BCUT2D eigenvalue weighted by molar-refractivity contribution is 6.08. The van der Waals surface area contributed by atoms with Crippen LogP contribution in [0, 0.1) is 0 Å². The number of benzene rings is 1. The molecule has 19 heavy (non-hydrogen) atoms.